The van der Waals surface area contributed by atoms with Gasteiger partial charge in [0.25, 0.3) is 6.33 Å². The van der Waals surface area contributed by atoms with Crippen molar-refractivity contribution in [3.8, 4) is 45.3 Å². The summed E-state index contributed by atoms with van der Waals surface area (Å²) in [5, 5.41) is 7.51. The first-order valence-corrected chi connectivity index (χ1v) is 25.1. The number of para-hydroxylation sites is 5. The van der Waals surface area contributed by atoms with Gasteiger partial charge in [-0.25, -0.2) is 4.98 Å². The van der Waals surface area contributed by atoms with E-state index in [1.54, 1.807) is 22.8 Å². The molecule has 15 rings (SSSR count). The monoisotopic (exact) mass is 1180 g/mol. The van der Waals surface area contributed by atoms with Crippen molar-refractivity contribution in [3.63, 3.8) is 0 Å². The van der Waals surface area contributed by atoms with Crippen LogP contribution in [-0.4, -0.2) is 18.4 Å². The van der Waals surface area contributed by atoms with Crippen molar-refractivity contribution >= 4 is 87.2 Å². The Morgan fingerprint density at radius 1 is 0.506 bits per heavy atom. The summed E-state index contributed by atoms with van der Waals surface area (Å²) < 4.78 is 105. The van der Waals surface area contributed by atoms with E-state index in [0.29, 0.717) is 33.6 Å². The van der Waals surface area contributed by atoms with Crippen LogP contribution in [0.25, 0.3) is 121 Å². The Hall–Kier alpha value is -9.09. The number of hydrogen-bond acceptors (Lipinski definition) is 2. The number of hydrogen-bond donors (Lipinski definition) is 0. The van der Waals surface area contributed by atoms with E-state index < -0.39 is 60.4 Å². The maximum absolute atomic E-state index is 9.39. The van der Waals surface area contributed by atoms with Gasteiger partial charge in [-0.3, -0.25) is 4.57 Å². The van der Waals surface area contributed by atoms with Crippen molar-refractivity contribution in [2.75, 3.05) is 0 Å². The number of benzene rings is 10. The van der Waals surface area contributed by atoms with Gasteiger partial charge in [0, 0.05) is 60.4 Å². The normalized spacial score (nSPS) is 13.8. The summed E-state index contributed by atoms with van der Waals surface area (Å²) in [6, 6.07) is 55.5. The number of ether oxygens (including phenoxy) is 1. The minimum atomic E-state index is -0.586. The molecule has 0 aliphatic heterocycles. The van der Waals surface area contributed by atoms with Gasteiger partial charge in [-0.1, -0.05) is 201 Å². The number of rotatable bonds is 6. The summed E-state index contributed by atoms with van der Waals surface area (Å²) in [7, 11) is 0. The fraction of sp³-hybridized carbons (Fsp3) is 0.0571. The van der Waals surface area contributed by atoms with Crippen LogP contribution in [0.5, 0.6) is 11.5 Å². The van der Waals surface area contributed by atoms with E-state index in [-0.39, 0.29) is 54.4 Å². The Kier molecular flexibility index (Phi) is 8.62. The third kappa shape index (κ3) is 7.34. The summed E-state index contributed by atoms with van der Waals surface area (Å²) >= 11 is 0. The van der Waals surface area contributed by atoms with Crippen LogP contribution in [-0.2, 0) is 26.5 Å². The summed E-state index contributed by atoms with van der Waals surface area (Å²) in [6.07, 6.45) is 5.55. The molecule has 0 atom stereocenters. The van der Waals surface area contributed by atoms with E-state index in [1.165, 1.54) is 0 Å². The van der Waals surface area contributed by atoms with Gasteiger partial charge < -0.3 is 18.1 Å². The molecule has 15 aromatic rings. The van der Waals surface area contributed by atoms with Gasteiger partial charge in [-0.2, -0.15) is 12.1 Å². The first-order valence-electron chi connectivity index (χ1n) is 30.1. The van der Waals surface area contributed by atoms with Crippen LogP contribution >= 0.6 is 0 Å². The molecule has 370 valence electrons. The van der Waals surface area contributed by atoms with Crippen LogP contribution in [0.3, 0.4) is 0 Å². The molecule has 10 aromatic carbocycles. The zero-order valence-electron chi connectivity index (χ0n) is 51.6. The third-order valence-corrected chi connectivity index (χ3v) is 14.6. The minimum absolute atomic E-state index is 0. The number of pyridine rings is 1. The number of imidazole rings is 1. The van der Waals surface area contributed by atoms with Gasteiger partial charge in [0.15, 0.2) is 0 Å². The largest absolute Gasteiger partial charge is 0.510 e. The molecule has 6 nitrogen and oxygen atoms in total. The molecule has 0 N–H and O–H groups in total. The molecule has 77 heavy (non-hydrogen) atoms. The molecule has 0 radical (unpaired) electrons. The van der Waals surface area contributed by atoms with Crippen molar-refractivity contribution in [2.24, 2.45) is 0 Å². The van der Waals surface area contributed by atoms with E-state index in [1.807, 2.05) is 95.5 Å². The molecule has 0 saturated carbocycles. The van der Waals surface area contributed by atoms with Crippen LogP contribution in [0, 0.1) is 18.5 Å². The smallest absolute Gasteiger partial charge is 0.268 e. The van der Waals surface area contributed by atoms with Crippen molar-refractivity contribution in [1.82, 2.24) is 18.4 Å². The van der Waals surface area contributed by atoms with Crippen LogP contribution in [0.15, 0.2) is 230 Å². The second-order valence-corrected chi connectivity index (χ2v) is 20.0. The van der Waals surface area contributed by atoms with Gasteiger partial charge in [-0.05, 0) is 79.9 Å². The van der Waals surface area contributed by atoms with Gasteiger partial charge in [-0.15, -0.1) is 35.0 Å². The Morgan fingerprint density at radius 3 is 1.71 bits per heavy atom. The topological polar surface area (TPSA) is 39.8 Å². The van der Waals surface area contributed by atoms with E-state index in [4.69, 9.17) is 17.9 Å². The number of aromatic nitrogens is 5. The molecule has 0 amide bonds. The summed E-state index contributed by atoms with van der Waals surface area (Å²) in [4.78, 5) is 4.89. The summed E-state index contributed by atoms with van der Waals surface area (Å²) in [5.74, 6) is 1.48. The Bertz CT molecular complexity index is 5390. The average Bonchev–Trinajstić information content (AvgIpc) is 1.62. The minimum Gasteiger partial charge on any atom is -0.510 e. The Balaban J connectivity index is 0.00000667. The van der Waals surface area contributed by atoms with E-state index in [9.17, 15) is 5.48 Å². The maximum atomic E-state index is 9.39. The molecular weight excluding hydrogens is 1120 g/mol. The molecule has 0 aliphatic carbocycles. The quantitative estimate of drug-likeness (QED) is 0.123. The molecule has 0 spiro atoms. The molecule has 0 unspecified atom stereocenters. The zero-order valence-corrected chi connectivity index (χ0v) is 43.9. The second kappa shape index (κ2) is 18.0. The molecule has 7 heteroatoms. The van der Waals surface area contributed by atoms with Crippen molar-refractivity contribution < 1.29 is 44.1 Å². The molecule has 0 fully saturated rings. The molecule has 0 saturated heterocycles. The predicted octanol–water partition coefficient (Wildman–Crippen LogP) is 17.1. The first-order chi connectivity index (χ1) is 41.5. The molecule has 5 aromatic heterocycles. The molecular formula is C70H47N5OPt-2. The Morgan fingerprint density at radius 2 is 1.04 bits per heavy atom. The van der Waals surface area contributed by atoms with Crippen molar-refractivity contribution in [1.29, 1.82) is 0 Å². The number of nitrogens with zero attached hydrogens (tertiary/aromatic N) is 5. The van der Waals surface area contributed by atoms with Crippen molar-refractivity contribution in [2.45, 2.75) is 26.2 Å². The maximum Gasteiger partial charge on any atom is 0.268 e. The average molecular weight is 1180 g/mol. The predicted molar refractivity (Wildman–Crippen MR) is 311 cm³/mol. The summed E-state index contributed by atoms with van der Waals surface area (Å²) in [5.41, 5.74) is 6.89. The molecule has 0 aliphatic rings. The summed E-state index contributed by atoms with van der Waals surface area (Å²) in [6.45, 7) is 6.53. The molecule has 5 heterocycles. The zero-order chi connectivity index (χ0) is 59.4. The van der Waals surface area contributed by atoms with Crippen LogP contribution in [0.1, 0.15) is 40.0 Å². The fourth-order valence-electron chi connectivity index (χ4n) is 11.3. The van der Waals surface area contributed by atoms with Crippen LogP contribution < -0.4 is 9.30 Å². The fourth-order valence-corrected chi connectivity index (χ4v) is 11.3. The Labute approximate surface area is 473 Å². The van der Waals surface area contributed by atoms with E-state index in [0.717, 1.165) is 76.5 Å². The van der Waals surface area contributed by atoms with Crippen molar-refractivity contribution in [3.05, 3.63) is 254 Å². The van der Waals surface area contributed by atoms with E-state index in [2.05, 4.69) is 109 Å². The third-order valence-electron chi connectivity index (χ3n) is 14.6. The standard InChI is InChI=1S/C70H47N5O.Pt/c1-70(2,3)47-39-40-71-66(41-47)74-60-31-14-12-25-54(60)57-38-36-49(43-65(57)74)76-48-35-37-56-52-23-10-11-24-53(52)58-29-17-30-59-55-26-13-15-32-61(55)75(68(58)59)63-34-18-33-62-69(63)73(64(56)42-48)44-72(62)67-50(45-19-6-4-7-20-45)27-16-28-51(67)46-21-8-5-9-22-46;/h4-41H,1-3H3;/q-2;/i4D,5D,6D,7D,8D,9D,19D,20D,21D,22D;. The van der Waals surface area contributed by atoms with Gasteiger partial charge in [0.2, 0.25) is 0 Å². The van der Waals surface area contributed by atoms with Crippen LogP contribution in [0.2, 0.25) is 0 Å². The van der Waals surface area contributed by atoms with Gasteiger partial charge in [0.05, 0.1) is 41.5 Å². The molecule has 0 bridgehead atoms. The van der Waals surface area contributed by atoms with Crippen LogP contribution in [0.4, 0.5) is 0 Å². The van der Waals surface area contributed by atoms with E-state index >= 15 is 0 Å². The van der Waals surface area contributed by atoms with Gasteiger partial charge in [0.1, 0.15) is 11.3 Å². The second-order valence-electron chi connectivity index (χ2n) is 20.0. The number of fused-ring (bicyclic) bond motifs is 12. The SMILES string of the molecule is [2H]c1c([2H])c([2H])c(-c2cccc(-c3c([2H])c([2H])c([2H])c([2H])c3[2H])c2-[n+]2[c-]n3c4[c-]c(Oc5[c-]c6c(cc5)c5ccccc5n6-c5cc(C(C)(C)C)ccn5)ccc4c4ccccc4c4cccc5c6ccccc6n(c6cccc2c63)c45)c([2H])c1[2H].[Pt]. The first kappa shape index (κ1) is 36.8. The van der Waals surface area contributed by atoms with Gasteiger partial charge >= 0.3 is 0 Å².